The van der Waals surface area contributed by atoms with E-state index in [0.717, 1.165) is 0 Å². The zero-order valence-corrected chi connectivity index (χ0v) is 4.96. The van der Waals surface area contributed by atoms with Gasteiger partial charge in [0.15, 0.2) is 0 Å². The van der Waals surface area contributed by atoms with Crippen molar-refractivity contribution in [3.8, 4) is 0 Å². The van der Waals surface area contributed by atoms with Crippen molar-refractivity contribution in [1.29, 1.82) is 0 Å². The number of esters is 1. The predicted molar refractivity (Wildman–Crippen MR) is 28.7 cm³/mol. The number of carbonyl (C=O) groups excluding carboxylic acids is 1. The summed E-state index contributed by atoms with van der Waals surface area (Å²) < 4.78 is 4.88. The Kier molecular flexibility index (Phi) is 0.750. The fourth-order valence-electron chi connectivity index (χ4n) is 1.29. The molecule has 0 aromatic rings. The third-order valence-corrected chi connectivity index (χ3v) is 2.06. The Morgan fingerprint density at radius 3 is 2.67 bits per heavy atom. The summed E-state index contributed by atoms with van der Waals surface area (Å²) in [6.07, 6.45) is 1.48. The first-order valence-electron chi connectivity index (χ1n) is 3.13. The molecule has 0 unspecified atom stereocenters. The molecular formula is C6H8O3. The highest BCUT2D eigenvalue weighted by Crippen LogP contribution is 2.47. The number of aliphatic hydroxyl groups excluding tert-OH is 1. The second-order valence-corrected chi connectivity index (χ2v) is 2.76. The van der Waals surface area contributed by atoms with Gasteiger partial charge in [-0.25, -0.2) is 0 Å². The van der Waals surface area contributed by atoms with E-state index in [1.807, 2.05) is 0 Å². The van der Waals surface area contributed by atoms with Crippen LogP contribution >= 0.6 is 0 Å². The van der Waals surface area contributed by atoms with E-state index in [0.29, 0.717) is 19.3 Å². The summed E-state index contributed by atoms with van der Waals surface area (Å²) in [5, 5.41) is 8.96. The molecule has 3 nitrogen and oxygen atoms in total. The van der Waals surface area contributed by atoms with Crippen LogP contribution in [0.15, 0.2) is 0 Å². The van der Waals surface area contributed by atoms with Gasteiger partial charge in [0.25, 0.3) is 0 Å². The number of rotatable bonds is 0. The van der Waals surface area contributed by atoms with E-state index in [9.17, 15) is 4.79 Å². The minimum atomic E-state index is -0.420. The lowest BCUT2D eigenvalue weighted by molar-refractivity contribution is -0.144. The molecule has 0 aromatic heterocycles. The Morgan fingerprint density at radius 1 is 1.78 bits per heavy atom. The van der Waals surface area contributed by atoms with Crippen molar-refractivity contribution >= 4 is 5.97 Å². The van der Waals surface area contributed by atoms with E-state index in [1.165, 1.54) is 0 Å². The molecule has 9 heavy (non-hydrogen) atoms. The highest BCUT2D eigenvalue weighted by Gasteiger charge is 2.60. The molecule has 2 atom stereocenters. The van der Waals surface area contributed by atoms with Crippen LogP contribution in [0, 0.1) is 0 Å². The monoisotopic (exact) mass is 128 g/mol. The second kappa shape index (κ2) is 1.29. The third-order valence-electron chi connectivity index (χ3n) is 2.06. The minimum Gasteiger partial charge on any atom is -0.456 e. The molecule has 1 N–H and O–H groups in total. The van der Waals surface area contributed by atoms with Gasteiger partial charge in [0.2, 0.25) is 0 Å². The van der Waals surface area contributed by atoms with Crippen molar-refractivity contribution in [2.24, 2.45) is 0 Å². The van der Waals surface area contributed by atoms with E-state index >= 15 is 0 Å². The fourth-order valence-corrected chi connectivity index (χ4v) is 1.29. The summed E-state index contributed by atoms with van der Waals surface area (Å²) in [7, 11) is 0. The molecule has 0 radical (unpaired) electrons. The molecular weight excluding hydrogens is 120 g/mol. The molecule has 2 fully saturated rings. The van der Waals surface area contributed by atoms with E-state index in [-0.39, 0.29) is 12.1 Å². The Labute approximate surface area is 52.6 Å². The lowest BCUT2D eigenvalue weighted by Gasteiger charge is -2.02. The molecule has 50 valence electrons. The van der Waals surface area contributed by atoms with Crippen molar-refractivity contribution in [1.82, 2.24) is 0 Å². The number of carbonyl (C=O) groups is 1. The van der Waals surface area contributed by atoms with Crippen molar-refractivity contribution < 1.29 is 14.6 Å². The lowest BCUT2D eigenvalue weighted by Crippen LogP contribution is -2.12. The van der Waals surface area contributed by atoms with Crippen molar-refractivity contribution in [3.63, 3.8) is 0 Å². The van der Waals surface area contributed by atoms with Gasteiger partial charge in [-0.3, -0.25) is 4.79 Å². The van der Waals surface area contributed by atoms with Crippen LogP contribution < -0.4 is 0 Å². The Morgan fingerprint density at radius 2 is 2.44 bits per heavy atom. The lowest BCUT2D eigenvalue weighted by atomic mass is 10.2. The van der Waals surface area contributed by atoms with Gasteiger partial charge >= 0.3 is 5.97 Å². The van der Waals surface area contributed by atoms with E-state index in [4.69, 9.17) is 9.84 Å². The summed E-state index contributed by atoms with van der Waals surface area (Å²) in [6, 6.07) is 0. The summed E-state index contributed by atoms with van der Waals surface area (Å²) in [4.78, 5) is 10.5. The molecule has 1 aliphatic carbocycles. The fraction of sp³-hybridized carbons (Fsp3) is 0.833. The summed E-state index contributed by atoms with van der Waals surface area (Å²) >= 11 is 0. The van der Waals surface area contributed by atoms with Gasteiger partial charge in [-0.1, -0.05) is 0 Å². The maximum Gasteiger partial charge on any atom is 0.306 e. The Bertz CT molecular complexity index is 166. The molecule has 0 amide bonds. The number of hydrogen-bond acceptors (Lipinski definition) is 3. The number of ether oxygens (including phenoxy) is 1. The zero-order valence-electron chi connectivity index (χ0n) is 4.96. The van der Waals surface area contributed by atoms with Crippen LogP contribution in [0.2, 0.25) is 0 Å². The molecule has 1 aliphatic heterocycles. The van der Waals surface area contributed by atoms with Crippen LogP contribution in [-0.4, -0.2) is 22.8 Å². The van der Waals surface area contributed by atoms with Crippen LogP contribution in [-0.2, 0) is 9.53 Å². The third kappa shape index (κ3) is 0.580. The SMILES string of the molecule is O=C1CC[C@@]2(C[C@@H]2O)O1. The molecule has 0 aromatic carbocycles. The van der Waals surface area contributed by atoms with Gasteiger partial charge < -0.3 is 9.84 Å². The van der Waals surface area contributed by atoms with E-state index in [2.05, 4.69) is 0 Å². The first-order chi connectivity index (χ1) is 4.23. The predicted octanol–water partition coefficient (Wildman–Crippen LogP) is -0.173. The van der Waals surface area contributed by atoms with E-state index < -0.39 is 5.60 Å². The number of hydrogen-bond donors (Lipinski definition) is 1. The van der Waals surface area contributed by atoms with Crippen LogP contribution in [0.25, 0.3) is 0 Å². The number of aliphatic hydroxyl groups is 1. The highest BCUT2D eigenvalue weighted by molar-refractivity contribution is 5.73. The summed E-state index contributed by atoms with van der Waals surface area (Å²) in [6.45, 7) is 0. The molecule has 1 saturated carbocycles. The highest BCUT2D eigenvalue weighted by atomic mass is 16.6. The molecule has 2 aliphatic rings. The van der Waals surface area contributed by atoms with Crippen LogP contribution in [0.1, 0.15) is 19.3 Å². The quantitative estimate of drug-likeness (QED) is 0.460. The normalized spacial score (nSPS) is 47.7. The van der Waals surface area contributed by atoms with Gasteiger partial charge in [-0.05, 0) is 0 Å². The van der Waals surface area contributed by atoms with Crippen molar-refractivity contribution in [3.05, 3.63) is 0 Å². The van der Waals surface area contributed by atoms with Gasteiger partial charge in [0.1, 0.15) is 5.60 Å². The van der Waals surface area contributed by atoms with Crippen molar-refractivity contribution in [2.45, 2.75) is 31.0 Å². The topological polar surface area (TPSA) is 46.5 Å². The molecule has 1 heterocycles. The average Bonchev–Trinajstić information content (AvgIpc) is 2.17. The zero-order chi connectivity index (χ0) is 6.48. The Hall–Kier alpha value is -0.570. The van der Waals surface area contributed by atoms with Crippen LogP contribution in [0.5, 0.6) is 0 Å². The average molecular weight is 128 g/mol. The first kappa shape index (κ1) is 5.23. The smallest absolute Gasteiger partial charge is 0.306 e. The van der Waals surface area contributed by atoms with Crippen LogP contribution in [0.3, 0.4) is 0 Å². The molecule has 1 spiro atoms. The van der Waals surface area contributed by atoms with Crippen molar-refractivity contribution in [2.75, 3.05) is 0 Å². The summed E-state index contributed by atoms with van der Waals surface area (Å²) in [5.41, 5.74) is -0.420. The molecule has 1 saturated heterocycles. The van der Waals surface area contributed by atoms with Gasteiger partial charge in [-0.2, -0.15) is 0 Å². The van der Waals surface area contributed by atoms with Crippen LogP contribution in [0.4, 0.5) is 0 Å². The largest absolute Gasteiger partial charge is 0.456 e. The van der Waals surface area contributed by atoms with Gasteiger partial charge in [0.05, 0.1) is 6.10 Å². The molecule has 2 rings (SSSR count). The standard InChI is InChI=1S/C6H8O3/c7-4-3-6(4)2-1-5(8)9-6/h4,7H,1-3H2/t4-,6-/m0/s1. The summed E-state index contributed by atoms with van der Waals surface area (Å²) in [5.74, 6) is -0.161. The van der Waals surface area contributed by atoms with Gasteiger partial charge in [0, 0.05) is 19.3 Å². The molecule has 3 heteroatoms. The minimum absolute atomic E-state index is 0.161. The second-order valence-electron chi connectivity index (χ2n) is 2.76. The maximum atomic E-state index is 10.5. The van der Waals surface area contributed by atoms with Gasteiger partial charge in [-0.15, -0.1) is 0 Å². The first-order valence-corrected chi connectivity index (χ1v) is 3.13. The molecule has 0 bridgehead atoms. The maximum absolute atomic E-state index is 10.5. The van der Waals surface area contributed by atoms with E-state index in [1.54, 1.807) is 0 Å². The Balaban J connectivity index is 2.11.